The van der Waals surface area contributed by atoms with Crippen molar-refractivity contribution >= 4 is 23.0 Å². The predicted octanol–water partition coefficient (Wildman–Crippen LogP) is 4.12. The standard InChI is InChI=1S/C20H16F3N3O3S/c21-20(22,23)19-24-17(25-29-19)16-9-8-14(30-16)11-26(13-6-7-13)18(28)15(27)10-12-4-2-1-3-5-12/h1-5,8-9,13H,6-7,10-11H2. The number of hydrogen-bond acceptors (Lipinski definition) is 6. The Morgan fingerprint density at radius 2 is 1.87 bits per heavy atom. The van der Waals surface area contributed by atoms with Gasteiger partial charge in [-0.1, -0.05) is 35.5 Å². The van der Waals surface area contributed by atoms with Crippen LogP contribution in [0.25, 0.3) is 10.7 Å². The summed E-state index contributed by atoms with van der Waals surface area (Å²) in [5.41, 5.74) is 0.766. The molecule has 1 aliphatic rings. The van der Waals surface area contributed by atoms with Crippen molar-refractivity contribution in [3.8, 4) is 10.7 Å². The Labute approximate surface area is 173 Å². The minimum absolute atomic E-state index is 0.00443. The number of hydrogen-bond donors (Lipinski definition) is 0. The van der Waals surface area contributed by atoms with Gasteiger partial charge in [0.1, 0.15) is 0 Å². The highest BCUT2D eigenvalue weighted by Crippen LogP contribution is 2.34. The molecule has 0 radical (unpaired) electrons. The summed E-state index contributed by atoms with van der Waals surface area (Å²) < 4.78 is 42.2. The van der Waals surface area contributed by atoms with Gasteiger partial charge in [-0.2, -0.15) is 18.2 Å². The maximum Gasteiger partial charge on any atom is 0.471 e. The molecule has 30 heavy (non-hydrogen) atoms. The average molecular weight is 435 g/mol. The first kappa shape index (κ1) is 20.3. The van der Waals surface area contributed by atoms with Crippen LogP contribution in [-0.2, 0) is 28.7 Å². The number of ketones is 1. The van der Waals surface area contributed by atoms with Gasteiger partial charge in [-0.05, 0) is 30.5 Å². The second-order valence-electron chi connectivity index (χ2n) is 6.94. The zero-order chi connectivity index (χ0) is 21.3. The van der Waals surface area contributed by atoms with E-state index in [0.29, 0.717) is 4.88 Å². The van der Waals surface area contributed by atoms with Gasteiger partial charge >= 0.3 is 12.1 Å². The number of carbonyl (C=O) groups excluding carboxylic acids is 2. The number of amides is 1. The zero-order valence-corrected chi connectivity index (χ0v) is 16.4. The van der Waals surface area contributed by atoms with Gasteiger partial charge in [0, 0.05) is 17.3 Å². The highest BCUT2D eigenvalue weighted by Gasteiger charge is 2.39. The van der Waals surface area contributed by atoms with E-state index in [1.165, 1.54) is 4.90 Å². The lowest BCUT2D eigenvalue weighted by molar-refractivity contribution is -0.159. The third-order valence-corrected chi connectivity index (χ3v) is 5.64. The smallest absolute Gasteiger partial charge is 0.329 e. The highest BCUT2D eigenvalue weighted by atomic mass is 32.1. The molecule has 156 valence electrons. The number of alkyl halides is 3. The molecule has 4 rings (SSSR count). The van der Waals surface area contributed by atoms with Crippen LogP contribution in [0.3, 0.4) is 0 Å². The summed E-state index contributed by atoms with van der Waals surface area (Å²) in [6.45, 7) is 0.207. The topological polar surface area (TPSA) is 76.3 Å². The number of aromatic nitrogens is 2. The minimum Gasteiger partial charge on any atom is -0.329 e. The SMILES string of the molecule is O=C(Cc1ccccc1)C(=O)N(Cc1ccc(-c2noc(C(F)(F)F)n2)s1)C1CC1. The van der Waals surface area contributed by atoms with Gasteiger partial charge in [-0.15, -0.1) is 11.3 Å². The van der Waals surface area contributed by atoms with E-state index in [4.69, 9.17) is 0 Å². The first-order valence-corrected chi connectivity index (χ1v) is 10.0. The fourth-order valence-electron chi connectivity index (χ4n) is 2.96. The summed E-state index contributed by atoms with van der Waals surface area (Å²) in [4.78, 5) is 31.2. The van der Waals surface area contributed by atoms with E-state index in [1.807, 2.05) is 6.07 Å². The van der Waals surface area contributed by atoms with Crippen molar-refractivity contribution in [1.29, 1.82) is 0 Å². The number of rotatable bonds is 7. The summed E-state index contributed by atoms with van der Waals surface area (Å²) in [5, 5.41) is 3.37. The van der Waals surface area contributed by atoms with Gasteiger partial charge in [0.05, 0.1) is 11.4 Å². The van der Waals surface area contributed by atoms with Gasteiger partial charge in [0.2, 0.25) is 11.6 Å². The van der Waals surface area contributed by atoms with E-state index in [9.17, 15) is 22.8 Å². The molecule has 1 saturated carbocycles. The molecule has 2 aromatic heterocycles. The summed E-state index contributed by atoms with van der Waals surface area (Å²) >= 11 is 1.16. The Morgan fingerprint density at radius 1 is 1.13 bits per heavy atom. The number of carbonyl (C=O) groups is 2. The van der Waals surface area contributed by atoms with Gasteiger partial charge in [0.15, 0.2) is 0 Å². The van der Waals surface area contributed by atoms with Crippen LogP contribution in [0.5, 0.6) is 0 Å². The Hall–Kier alpha value is -3.01. The molecule has 0 bridgehead atoms. The summed E-state index contributed by atoms with van der Waals surface area (Å²) in [6, 6.07) is 12.3. The lowest BCUT2D eigenvalue weighted by Crippen LogP contribution is -2.38. The first-order chi connectivity index (χ1) is 14.3. The van der Waals surface area contributed by atoms with E-state index in [0.717, 1.165) is 34.6 Å². The molecular formula is C20H16F3N3O3S. The second-order valence-corrected chi connectivity index (χ2v) is 8.10. The predicted molar refractivity (Wildman–Crippen MR) is 101 cm³/mol. The van der Waals surface area contributed by atoms with Crippen LogP contribution in [0, 0.1) is 0 Å². The van der Waals surface area contributed by atoms with E-state index in [2.05, 4.69) is 14.7 Å². The lowest BCUT2D eigenvalue weighted by atomic mass is 10.1. The van der Waals surface area contributed by atoms with E-state index in [1.54, 1.807) is 36.4 Å². The molecule has 0 saturated heterocycles. The normalized spacial score (nSPS) is 14.0. The Bertz CT molecular complexity index is 1060. The van der Waals surface area contributed by atoms with Crippen molar-refractivity contribution in [3.05, 3.63) is 58.8 Å². The third-order valence-electron chi connectivity index (χ3n) is 4.57. The van der Waals surface area contributed by atoms with Crippen molar-refractivity contribution in [2.45, 2.75) is 38.0 Å². The van der Waals surface area contributed by atoms with Crippen LogP contribution in [0.15, 0.2) is 47.0 Å². The van der Waals surface area contributed by atoms with Crippen LogP contribution < -0.4 is 0 Å². The van der Waals surface area contributed by atoms with Crippen molar-refractivity contribution in [2.75, 3.05) is 0 Å². The van der Waals surface area contributed by atoms with Crippen molar-refractivity contribution in [2.24, 2.45) is 0 Å². The number of Topliss-reactive ketones (excluding diaryl/α,β-unsaturated/α-hetero) is 1. The fourth-order valence-corrected chi connectivity index (χ4v) is 3.89. The molecule has 1 aromatic carbocycles. The first-order valence-electron chi connectivity index (χ1n) is 9.19. The molecule has 6 nitrogen and oxygen atoms in total. The van der Waals surface area contributed by atoms with Gasteiger partial charge in [-0.3, -0.25) is 9.59 Å². The number of halogens is 3. The molecule has 0 unspecified atom stereocenters. The second kappa shape index (κ2) is 8.02. The largest absolute Gasteiger partial charge is 0.471 e. The maximum absolute atomic E-state index is 12.7. The molecule has 1 fully saturated rings. The Morgan fingerprint density at radius 3 is 2.50 bits per heavy atom. The molecule has 0 aliphatic heterocycles. The van der Waals surface area contributed by atoms with E-state index in [-0.39, 0.29) is 24.8 Å². The monoisotopic (exact) mass is 435 g/mol. The fraction of sp³-hybridized carbons (Fsp3) is 0.300. The maximum atomic E-state index is 12.7. The molecule has 3 aromatic rings. The van der Waals surface area contributed by atoms with Crippen molar-refractivity contribution in [3.63, 3.8) is 0 Å². The zero-order valence-electron chi connectivity index (χ0n) is 15.6. The van der Waals surface area contributed by atoms with Crippen LogP contribution in [0.1, 0.15) is 29.2 Å². The average Bonchev–Trinajstić information content (AvgIpc) is 3.23. The highest BCUT2D eigenvalue weighted by molar-refractivity contribution is 7.15. The van der Waals surface area contributed by atoms with Crippen LogP contribution in [-0.4, -0.2) is 32.8 Å². The molecule has 2 heterocycles. The van der Waals surface area contributed by atoms with Crippen LogP contribution in [0.4, 0.5) is 13.2 Å². The molecule has 1 aliphatic carbocycles. The van der Waals surface area contributed by atoms with Gasteiger partial charge in [0.25, 0.3) is 5.91 Å². The summed E-state index contributed by atoms with van der Waals surface area (Å²) in [6.07, 6.45) is -3.04. The van der Waals surface area contributed by atoms with Crippen LogP contribution in [0.2, 0.25) is 0 Å². The Balaban J connectivity index is 1.46. The summed E-state index contributed by atoms with van der Waals surface area (Å²) in [5.74, 6) is -2.61. The molecule has 10 heteroatoms. The summed E-state index contributed by atoms with van der Waals surface area (Å²) in [7, 11) is 0. The van der Waals surface area contributed by atoms with Crippen molar-refractivity contribution in [1.82, 2.24) is 15.0 Å². The number of thiophene rings is 1. The van der Waals surface area contributed by atoms with E-state index >= 15 is 0 Å². The third kappa shape index (κ3) is 4.59. The van der Waals surface area contributed by atoms with Gasteiger partial charge in [-0.25, -0.2) is 0 Å². The molecular weight excluding hydrogens is 419 g/mol. The number of nitrogens with zero attached hydrogens (tertiary/aromatic N) is 3. The molecule has 0 N–H and O–H groups in total. The quantitative estimate of drug-likeness (QED) is 0.522. The number of benzene rings is 1. The molecule has 0 atom stereocenters. The molecule has 0 spiro atoms. The minimum atomic E-state index is -4.71. The van der Waals surface area contributed by atoms with Crippen molar-refractivity contribution < 1.29 is 27.3 Å². The molecule has 1 amide bonds. The van der Waals surface area contributed by atoms with Crippen LogP contribution >= 0.6 is 11.3 Å². The Kier molecular flexibility index (Phi) is 5.42. The lowest BCUT2D eigenvalue weighted by Gasteiger charge is -2.21. The van der Waals surface area contributed by atoms with Gasteiger partial charge < -0.3 is 9.42 Å². The van der Waals surface area contributed by atoms with E-state index < -0.39 is 23.8 Å².